The van der Waals surface area contributed by atoms with Crippen LogP contribution in [-0.4, -0.2) is 48.2 Å². The number of nitrogens with zero attached hydrogens (tertiary/aromatic N) is 2. The first kappa shape index (κ1) is 18.5. The van der Waals surface area contributed by atoms with Gasteiger partial charge in [-0.2, -0.15) is 18.2 Å². The van der Waals surface area contributed by atoms with E-state index in [1.54, 1.807) is 0 Å². The van der Waals surface area contributed by atoms with E-state index in [2.05, 4.69) is 4.99 Å². The van der Waals surface area contributed by atoms with Crippen molar-refractivity contribution in [3.63, 3.8) is 0 Å². The molecule has 1 amide bonds. The average molecular weight is 413 g/mol. The summed E-state index contributed by atoms with van der Waals surface area (Å²) in [5.74, 6) is -1.56. The van der Waals surface area contributed by atoms with Crippen molar-refractivity contribution in [1.29, 1.82) is 0 Å². The molecule has 2 heterocycles. The second kappa shape index (κ2) is 6.48. The summed E-state index contributed by atoms with van der Waals surface area (Å²) in [5, 5.41) is -0.430. The van der Waals surface area contributed by atoms with E-state index in [1.807, 2.05) is 0 Å². The number of amides is 1. The van der Waals surface area contributed by atoms with Gasteiger partial charge in [0.25, 0.3) is 5.91 Å². The normalized spacial score (nSPS) is 26.9. The maximum atomic E-state index is 13.4. The van der Waals surface area contributed by atoms with Crippen LogP contribution in [0.15, 0.2) is 29.3 Å². The van der Waals surface area contributed by atoms with E-state index < -0.39 is 44.7 Å². The first-order chi connectivity index (χ1) is 11.6. The predicted octanol–water partition coefficient (Wildman–Crippen LogP) is 2.55. The van der Waals surface area contributed by atoms with Gasteiger partial charge < -0.3 is 4.90 Å². The largest absolute Gasteiger partial charge is 0.418 e. The molecule has 0 aromatic heterocycles. The molecule has 11 heteroatoms. The van der Waals surface area contributed by atoms with Crippen molar-refractivity contribution in [3.8, 4) is 0 Å². The maximum Gasteiger partial charge on any atom is 0.418 e. The first-order valence-corrected chi connectivity index (χ1v) is 10.4. The molecule has 5 nitrogen and oxygen atoms in total. The predicted molar refractivity (Wildman–Crippen MR) is 90.9 cm³/mol. The standard InChI is InChI=1S/C14H12ClF3N2O3S2/c15-5-12(21)19-13-20(10-6-25(22,23)7-11(10)24-13)9-4-2-1-3-8(9)14(16,17)18/h1-4,10-11H,5-7H2/t10-,11+/m1/s1. The Labute approximate surface area is 151 Å². The van der Waals surface area contributed by atoms with Gasteiger partial charge in [0.15, 0.2) is 15.0 Å². The summed E-state index contributed by atoms with van der Waals surface area (Å²) in [6.07, 6.45) is -4.63. The van der Waals surface area contributed by atoms with E-state index in [9.17, 15) is 26.4 Å². The van der Waals surface area contributed by atoms with Gasteiger partial charge in [0.1, 0.15) is 5.88 Å². The van der Waals surface area contributed by atoms with E-state index in [0.717, 1.165) is 17.8 Å². The van der Waals surface area contributed by atoms with Crippen LogP contribution in [0.4, 0.5) is 18.9 Å². The highest BCUT2D eigenvalue weighted by Gasteiger charge is 2.51. The minimum Gasteiger partial charge on any atom is -0.315 e. The van der Waals surface area contributed by atoms with Crippen molar-refractivity contribution in [2.75, 3.05) is 22.3 Å². The monoisotopic (exact) mass is 412 g/mol. The lowest BCUT2D eigenvalue weighted by Gasteiger charge is -2.27. The Hall–Kier alpha value is -1.26. The second-order valence-electron chi connectivity index (χ2n) is 5.61. The molecule has 3 rings (SSSR count). The van der Waals surface area contributed by atoms with Gasteiger partial charge in [-0.25, -0.2) is 8.42 Å². The number of hydrogen-bond acceptors (Lipinski definition) is 4. The van der Waals surface area contributed by atoms with Gasteiger partial charge in [-0.1, -0.05) is 23.9 Å². The Kier molecular flexibility index (Phi) is 4.80. The molecular formula is C14H12ClF3N2O3S2. The van der Waals surface area contributed by atoms with Crippen molar-refractivity contribution in [1.82, 2.24) is 0 Å². The lowest BCUT2D eigenvalue weighted by Crippen LogP contribution is -2.39. The highest BCUT2D eigenvalue weighted by atomic mass is 35.5. The number of amidine groups is 1. The van der Waals surface area contributed by atoms with Crippen LogP contribution in [0.5, 0.6) is 0 Å². The van der Waals surface area contributed by atoms with Crippen molar-refractivity contribution in [2.45, 2.75) is 17.5 Å². The summed E-state index contributed by atoms with van der Waals surface area (Å²) < 4.78 is 63.9. The minimum atomic E-state index is -4.63. The first-order valence-electron chi connectivity index (χ1n) is 7.12. The van der Waals surface area contributed by atoms with E-state index in [1.165, 1.54) is 23.1 Å². The highest BCUT2D eigenvalue weighted by molar-refractivity contribution is 8.16. The zero-order valence-electron chi connectivity index (χ0n) is 12.5. The third-order valence-corrected chi connectivity index (χ3v) is 7.31. The number of fused-ring (bicyclic) bond motifs is 1. The molecule has 1 aromatic rings. The van der Waals surface area contributed by atoms with Crippen molar-refractivity contribution >= 4 is 50.0 Å². The zero-order chi connectivity index (χ0) is 18.4. The number of carbonyl (C=O) groups is 1. The number of thioether (sulfide) groups is 1. The fourth-order valence-electron chi connectivity index (χ4n) is 2.91. The maximum absolute atomic E-state index is 13.4. The van der Waals surface area contributed by atoms with Crippen LogP contribution in [0.3, 0.4) is 0 Å². The summed E-state index contributed by atoms with van der Waals surface area (Å²) in [5.41, 5.74) is -1.13. The van der Waals surface area contributed by atoms with Gasteiger partial charge in [-0.05, 0) is 12.1 Å². The van der Waals surface area contributed by atoms with E-state index in [4.69, 9.17) is 11.6 Å². The van der Waals surface area contributed by atoms with Gasteiger partial charge in [-0.3, -0.25) is 4.79 Å². The summed E-state index contributed by atoms with van der Waals surface area (Å²) in [6.45, 7) is 0. The number of alkyl halides is 4. The molecular weight excluding hydrogens is 401 g/mol. The fraction of sp³-hybridized carbons (Fsp3) is 0.429. The fourth-order valence-corrected chi connectivity index (χ4v) is 6.89. The van der Waals surface area contributed by atoms with Crippen LogP contribution in [0.1, 0.15) is 5.56 Å². The number of para-hydroxylation sites is 1. The molecule has 25 heavy (non-hydrogen) atoms. The van der Waals surface area contributed by atoms with Crippen LogP contribution < -0.4 is 4.90 Å². The molecule has 0 unspecified atom stereocenters. The van der Waals surface area contributed by atoms with Crippen LogP contribution in [0.25, 0.3) is 0 Å². The Morgan fingerprint density at radius 3 is 2.64 bits per heavy atom. The van der Waals surface area contributed by atoms with E-state index in [0.29, 0.717) is 0 Å². The molecule has 0 radical (unpaired) electrons. The molecule has 2 atom stereocenters. The minimum absolute atomic E-state index is 0.0484. The summed E-state index contributed by atoms with van der Waals surface area (Å²) in [6, 6.07) is 4.13. The Morgan fingerprint density at radius 1 is 1.32 bits per heavy atom. The number of aliphatic imine (C=N–C) groups is 1. The highest BCUT2D eigenvalue weighted by Crippen LogP contribution is 2.45. The van der Waals surface area contributed by atoms with Crippen molar-refractivity contribution < 1.29 is 26.4 Å². The molecule has 0 N–H and O–H groups in total. The van der Waals surface area contributed by atoms with Crippen LogP contribution in [0, 0.1) is 0 Å². The Balaban J connectivity index is 2.12. The second-order valence-corrected chi connectivity index (χ2v) is 9.23. The summed E-state index contributed by atoms with van der Waals surface area (Å²) in [4.78, 5) is 16.6. The molecule has 0 bridgehead atoms. The van der Waals surface area contributed by atoms with Gasteiger partial charge in [-0.15, -0.1) is 11.6 Å². The van der Waals surface area contributed by atoms with Crippen molar-refractivity contribution in [3.05, 3.63) is 29.8 Å². The van der Waals surface area contributed by atoms with Crippen LogP contribution in [-0.2, 0) is 20.8 Å². The smallest absolute Gasteiger partial charge is 0.315 e. The van der Waals surface area contributed by atoms with Gasteiger partial charge in [0.05, 0.1) is 28.8 Å². The number of benzene rings is 1. The molecule has 2 aliphatic heterocycles. The SMILES string of the molecule is O=C(CCl)N=C1S[C@H]2CS(=O)(=O)C[C@H]2N1c1ccccc1C(F)(F)F. The molecule has 2 fully saturated rings. The Morgan fingerprint density at radius 2 is 2.00 bits per heavy atom. The molecule has 1 aromatic carbocycles. The lowest BCUT2D eigenvalue weighted by molar-refractivity contribution is -0.137. The van der Waals surface area contributed by atoms with E-state index >= 15 is 0 Å². The quantitative estimate of drug-likeness (QED) is 0.698. The molecule has 0 spiro atoms. The number of halogens is 4. The Bertz CT molecular complexity index is 842. The molecule has 0 aliphatic carbocycles. The number of rotatable bonds is 2. The third-order valence-electron chi connectivity index (χ3n) is 3.87. The van der Waals surface area contributed by atoms with Gasteiger partial charge in [0, 0.05) is 5.25 Å². The van der Waals surface area contributed by atoms with Crippen LogP contribution >= 0.6 is 23.4 Å². The van der Waals surface area contributed by atoms with Crippen molar-refractivity contribution in [2.24, 2.45) is 4.99 Å². The number of carbonyl (C=O) groups excluding carboxylic acids is 1. The van der Waals surface area contributed by atoms with Gasteiger partial charge >= 0.3 is 6.18 Å². The lowest BCUT2D eigenvalue weighted by atomic mass is 10.1. The number of hydrogen-bond donors (Lipinski definition) is 0. The molecule has 0 saturated carbocycles. The molecule has 2 saturated heterocycles. The third kappa shape index (κ3) is 3.65. The zero-order valence-corrected chi connectivity index (χ0v) is 14.9. The van der Waals surface area contributed by atoms with Gasteiger partial charge in [0.2, 0.25) is 0 Å². The summed E-state index contributed by atoms with van der Waals surface area (Å²) in [7, 11) is -3.36. The van der Waals surface area contributed by atoms with Crippen LogP contribution in [0.2, 0.25) is 0 Å². The number of sulfone groups is 1. The average Bonchev–Trinajstić information content (AvgIpc) is 2.97. The topological polar surface area (TPSA) is 66.8 Å². The summed E-state index contributed by atoms with van der Waals surface area (Å²) >= 11 is 6.43. The van der Waals surface area contributed by atoms with E-state index in [-0.39, 0.29) is 22.4 Å². The molecule has 136 valence electrons. The molecule has 2 aliphatic rings. The number of anilines is 1.